The molecule has 0 spiro atoms. The van der Waals surface area contributed by atoms with Crippen molar-refractivity contribution >= 4 is 17.6 Å². The number of aliphatic carboxylic acids is 1. The molecule has 32 heavy (non-hydrogen) atoms. The molecule has 3 aromatic rings. The highest BCUT2D eigenvalue weighted by atomic mass is 16.4. The minimum absolute atomic E-state index is 0.657. The molecule has 0 saturated heterocycles. The zero-order valence-electron chi connectivity index (χ0n) is 18.4. The van der Waals surface area contributed by atoms with E-state index in [4.69, 9.17) is 0 Å². The third-order valence-corrected chi connectivity index (χ3v) is 6.11. The maximum absolute atomic E-state index is 11.9. The normalized spacial score (nSPS) is 14.0. The second-order valence-corrected chi connectivity index (χ2v) is 8.25. The van der Waals surface area contributed by atoms with Gasteiger partial charge in [-0.05, 0) is 59.7 Å². The summed E-state index contributed by atoms with van der Waals surface area (Å²) in [6, 6.07) is 26.4. The van der Waals surface area contributed by atoms with Crippen LogP contribution in [0.1, 0.15) is 34.2 Å². The molecule has 0 radical (unpaired) electrons. The average Bonchev–Trinajstić information content (AvgIpc) is 2.97. The summed E-state index contributed by atoms with van der Waals surface area (Å²) in [6.07, 6.45) is 8.77. The fraction of sp³-hybridized carbons (Fsp3) is 0.207. The molecule has 0 fully saturated rings. The van der Waals surface area contributed by atoms with E-state index in [9.17, 15) is 9.90 Å². The first kappa shape index (κ1) is 21.8. The van der Waals surface area contributed by atoms with Crippen molar-refractivity contribution in [3.63, 3.8) is 0 Å². The van der Waals surface area contributed by atoms with E-state index in [0.29, 0.717) is 6.54 Å². The molecule has 4 rings (SSSR count). The molecule has 3 heteroatoms. The monoisotopic (exact) mass is 423 g/mol. The van der Waals surface area contributed by atoms with Crippen LogP contribution in [0, 0.1) is 0 Å². The van der Waals surface area contributed by atoms with Crippen LogP contribution in [0.4, 0.5) is 0 Å². The Kier molecular flexibility index (Phi) is 6.98. The Bertz CT molecular complexity index is 1080. The molecule has 162 valence electrons. The summed E-state index contributed by atoms with van der Waals surface area (Å²) in [5.41, 5.74) is 7.59. The van der Waals surface area contributed by atoms with Gasteiger partial charge in [0.2, 0.25) is 0 Å². The van der Waals surface area contributed by atoms with Crippen molar-refractivity contribution in [2.45, 2.75) is 25.3 Å². The van der Waals surface area contributed by atoms with E-state index in [0.717, 1.165) is 24.8 Å². The fourth-order valence-corrected chi connectivity index (χ4v) is 4.37. The van der Waals surface area contributed by atoms with Crippen LogP contribution in [0.3, 0.4) is 0 Å². The lowest BCUT2D eigenvalue weighted by Crippen LogP contribution is -2.37. The highest BCUT2D eigenvalue weighted by Gasteiger charge is 2.20. The molecule has 1 N–H and O–H groups in total. The van der Waals surface area contributed by atoms with E-state index in [1.165, 1.54) is 27.8 Å². The maximum atomic E-state index is 11.9. The van der Waals surface area contributed by atoms with Gasteiger partial charge in [0, 0.05) is 6.54 Å². The number of rotatable bonds is 7. The number of carboxylic acids is 1. The van der Waals surface area contributed by atoms with Crippen molar-refractivity contribution in [2.75, 3.05) is 13.6 Å². The van der Waals surface area contributed by atoms with Gasteiger partial charge in [0.05, 0.1) is 0 Å². The first-order chi connectivity index (χ1) is 15.6. The van der Waals surface area contributed by atoms with E-state index in [1.807, 2.05) is 48.4 Å². The lowest BCUT2D eigenvalue weighted by Gasteiger charge is -2.21. The van der Waals surface area contributed by atoms with Gasteiger partial charge < -0.3 is 5.11 Å². The minimum Gasteiger partial charge on any atom is -0.480 e. The first-order valence-corrected chi connectivity index (χ1v) is 11.2. The van der Waals surface area contributed by atoms with Gasteiger partial charge in [-0.1, -0.05) is 97.1 Å². The van der Waals surface area contributed by atoms with E-state index >= 15 is 0 Å². The molecule has 0 bridgehead atoms. The van der Waals surface area contributed by atoms with E-state index < -0.39 is 12.0 Å². The van der Waals surface area contributed by atoms with Crippen LogP contribution in [0.15, 0.2) is 91.0 Å². The van der Waals surface area contributed by atoms with Gasteiger partial charge in [-0.2, -0.15) is 0 Å². The Morgan fingerprint density at radius 3 is 2.06 bits per heavy atom. The van der Waals surface area contributed by atoms with Crippen LogP contribution in [-0.4, -0.2) is 35.6 Å². The Hall–Kier alpha value is -3.43. The summed E-state index contributed by atoms with van der Waals surface area (Å²) in [5, 5.41) is 9.76. The molecule has 3 nitrogen and oxygen atoms in total. The summed E-state index contributed by atoms with van der Waals surface area (Å²) >= 11 is 0. The summed E-state index contributed by atoms with van der Waals surface area (Å²) < 4.78 is 0. The van der Waals surface area contributed by atoms with Gasteiger partial charge in [-0.15, -0.1) is 0 Å². The number of likely N-dealkylation sites (N-methyl/N-ethyl adjacent to an activating group) is 1. The predicted octanol–water partition coefficient (Wildman–Crippen LogP) is 5.71. The van der Waals surface area contributed by atoms with Gasteiger partial charge >= 0.3 is 5.97 Å². The van der Waals surface area contributed by atoms with Crippen LogP contribution in [0.25, 0.3) is 11.6 Å². The Morgan fingerprint density at radius 1 is 0.906 bits per heavy atom. The van der Waals surface area contributed by atoms with Gasteiger partial charge in [0.25, 0.3) is 0 Å². The zero-order chi connectivity index (χ0) is 22.3. The van der Waals surface area contributed by atoms with Gasteiger partial charge in [-0.25, -0.2) is 0 Å². The molecule has 3 aromatic carbocycles. The van der Waals surface area contributed by atoms with Crippen LogP contribution in [-0.2, 0) is 17.6 Å². The second-order valence-electron chi connectivity index (χ2n) is 8.25. The molecular weight excluding hydrogens is 394 g/mol. The number of hydrogen-bond acceptors (Lipinski definition) is 2. The maximum Gasteiger partial charge on any atom is 0.324 e. The average molecular weight is 424 g/mol. The van der Waals surface area contributed by atoms with Gasteiger partial charge in [0.15, 0.2) is 0 Å². The quantitative estimate of drug-likeness (QED) is 0.529. The highest BCUT2D eigenvalue weighted by Crippen LogP contribution is 2.33. The summed E-state index contributed by atoms with van der Waals surface area (Å²) in [6.45, 7) is 0.657. The number of nitrogens with zero attached hydrogens (tertiary/aromatic N) is 1. The predicted molar refractivity (Wildman–Crippen MR) is 132 cm³/mol. The summed E-state index contributed by atoms with van der Waals surface area (Å²) in [4.78, 5) is 13.8. The molecule has 1 aliphatic rings. The summed E-state index contributed by atoms with van der Waals surface area (Å²) in [7, 11) is 1.88. The number of carboxylic acid groups (broad SMARTS) is 1. The first-order valence-electron chi connectivity index (χ1n) is 11.2. The number of fused-ring (bicyclic) bond motifs is 2. The van der Waals surface area contributed by atoms with Crippen molar-refractivity contribution in [3.8, 4) is 0 Å². The fourth-order valence-electron chi connectivity index (χ4n) is 4.37. The van der Waals surface area contributed by atoms with Crippen LogP contribution >= 0.6 is 0 Å². The highest BCUT2D eigenvalue weighted by molar-refractivity contribution is 5.84. The standard InChI is InChI=1S/C29H29NO2/c1-30(28(29(31)32)20-17-22-10-3-2-4-11-22)21-9-16-27-25-14-7-5-12-23(25)18-19-24-13-6-8-15-26(24)27/h2-8,10-17,20,28H,9,18-19,21H2,1H3,(H,31,32)/b20-17+. The summed E-state index contributed by atoms with van der Waals surface area (Å²) in [5.74, 6) is -0.836. The third kappa shape index (κ3) is 5.06. The molecule has 0 aliphatic heterocycles. The van der Waals surface area contributed by atoms with Gasteiger partial charge in [0.1, 0.15) is 6.04 Å². The van der Waals surface area contributed by atoms with Gasteiger partial charge in [-0.3, -0.25) is 9.69 Å². The Balaban J connectivity index is 1.54. The van der Waals surface area contributed by atoms with Crippen molar-refractivity contribution in [2.24, 2.45) is 0 Å². The van der Waals surface area contributed by atoms with E-state index in [-0.39, 0.29) is 0 Å². The van der Waals surface area contributed by atoms with E-state index in [1.54, 1.807) is 6.08 Å². The van der Waals surface area contributed by atoms with E-state index in [2.05, 4.69) is 54.6 Å². The molecule has 0 heterocycles. The Morgan fingerprint density at radius 2 is 1.47 bits per heavy atom. The lowest BCUT2D eigenvalue weighted by molar-refractivity contribution is -0.140. The van der Waals surface area contributed by atoms with Crippen molar-refractivity contribution in [1.82, 2.24) is 4.90 Å². The largest absolute Gasteiger partial charge is 0.480 e. The number of aryl methyl sites for hydroxylation is 2. The number of carbonyl (C=O) groups is 1. The van der Waals surface area contributed by atoms with Crippen LogP contribution in [0.2, 0.25) is 0 Å². The lowest BCUT2D eigenvalue weighted by atomic mass is 9.93. The smallest absolute Gasteiger partial charge is 0.324 e. The van der Waals surface area contributed by atoms with Crippen molar-refractivity contribution in [1.29, 1.82) is 0 Å². The Labute approximate surface area is 190 Å². The molecule has 1 aliphatic carbocycles. The van der Waals surface area contributed by atoms with Crippen LogP contribution < -0.4 is 0 Å². The number of hydrogen-bond donors (Lipinski definition) is 1. The molecule has 0 saturated carbocycles. The molecule has 0 aromatic heterocycles. The van der Waals surface area contributed by atoms with Crippen LogP contribution in [0.5, 0.6) is 0 Å². The van der Waals surface area contributed by atoms with Crippen molar-refractivity contribution < 1.29 is 9.90 Å². The van der Waals surface area contributed by atoms with Crippen molar-refractivity contribution in [3.05, 3.63) is 119 Å². The molecule has 1 unspecified atom stereocenters. The zero-order valence-corrected chi connectivity index (χ0v) is 18.4. The SMILES string of the molecule is CN(CCC=C1c2ccccc2CCc2ccccc21)C(/C=C/c1ccccc1)C(=O)O. The topological polar surface area (TPSA) is 40.5 Å². The minimum atomic E-state index is -0.836. The third-order valence-electron chi connectivity index (χ3n) is 6.11. The molecule has 0 amide bonds. The molecule has 1 atom stereocenters. The second kappa shape index (κ2) is 10.3. The number of benzene rings is 3. The molecular formula is C29H29NO2.